The van der Waals surface area contributed by atoms with Crippen LogP contribution in [0.3, 0.4) is 0 Å². The van der Waals surface area contributed by atoms with E-state index in [-0.39, 0.29) is 11.4 Å². The molecule has 0 spiro atoms. The van der Waals surface area contributed by atoms with Gasteiger partial charge in [0.25, 0.3) is 5.91 Å². The molecule has 1 rings (SSSR count). The summed E-state index contributed by atoms with van der Waals surface area (Å²) < 4.78 is 0. The molecule has 1 aromatic rings. The molecule has 0 fully saturated rings. The van der Waals surface area contributed by atoms with Crippen molar-refractivity contribution in [1.82, 2.24) is 5.32 Å². The average Bonchev–Trinajstić information content (AvgIpc) is 2.38. The van der Waals surface area contributed by atoms with Crippen LogP contribution in [0.5, 0.6) is 0 Å². The number of carbonyl (C=O) groups excluding carboxylic acids is 1. The van der Waals surface area contributed by atoms with Crippen molar-refractivity contribution >= 4 is 33.6 Å². The van der Waals surface area contributed by atoms with Crippen molar-refractivity contribution in [3.8, 4) is 0 Å². The topological polar surface area (TPSA) is 29.1 Å². The first kappa shape index (κ1) is 14.6. The number of carbonyl (C=O) groups is 1. The highest BCUT2D eigenvalue weighted by molar-refractivity contribution is 9.09. The quantitative estimate of drug-likeness (QED) is 0.663. The van der Waals surface area contributed by atoms with Crippen LogP contribution in [0.4, 0.5) is 0 Å². The first-order valence-electron chi connectivity index (χ1n) is 5.57. The van der Waals surface area contributed by atoms with Gasteiger partial charge < -0.3 is 5.32 Å². The lowest BCUT2D eigenvalue weighted by Gasteiger charge is -2.27. The number of rotatable bonds is 5. The minimum atomic E-state index is -0.185. The van der Waals surface area contributed by atoms with Crippen molar-refractivity contribution in [2.45, 2.75) is 30.7 Å². The third-order valence-electron chi connectivity index (χ3n) is 2.84. The highest BCUT2D eigenvalue weighted by atomic mass is 79.9. The van der Waals surface area contributed by atoms with Gasteiger partial charge in [0.15, 0.2) is 0 Å². The number of alkyl halides is 1. The van der Waals surface area contributed by atoms with E-state index < -0.39 is 0 Å². The largest absolute Gasteiger partial charge is 0.346 e. The van der Waals surface area contributed by atoms with E-state index >= 15 is 0 Å². The van der Waals surface area contributed by atoms with Gasteiger partial charge in [-0.2, -0.15) is 0 Å². The Morgan fingerprint density at radius 3 is 2.41 bits per heavy atom. The van der Waals surface area contributed by atoms with Crippen molar-refractivity contribution in [3.05, 3.63) is 29.8 Å². The van der Waals surface area contributed by atoms with Gasteiger partial charge in [-0.1, -0.05) is 22.9 Å². The molecule has 0 bridgehead atoms. The molecule has 4 heteroatoms. The average molecular weight is 316 g/mol. The Balaban J connectivity index is 2.75. The zero-order chi connectivity index (χ0) is 12.9. The molecule has 1 unspecified atom stereocenters. The van der Waals surface area contributed by atoms with Crippen LogP contribution in [-0.4, -0.2) is 23.0 Å². The van der Waals surface area contributed by atoms with E-state index in [2.05, 4.69) is 28.2 Å². The molecule has 0 aliphatic rings. The molecule has 17 heavy (non-hydrogen) atoms. The van der Waals surface area contributed by atoms with Crippen LogP contribution in [0.1, 0.15) is 30.6 Å². The normalized spacial score (nSPS) is 14.1. The van der Waals surface area contributed by atoms with Crippen LogP contribution in [0.25, 0.3) is 0 Å². The Kier molecular flexibility index (Phi) is 5.53. The zero-order valence-electron chi connectivity index (χ0n) is 10.4. The first-order valence-corrected chi connectivity index (χ1v) is 7.92. The van der Waals surface area contributed by atoms with Gasteiger partial charge in [0.05, 0.1) is 0 Å². The lowest BCUT2D eigenvalue weighted by Crippen LogP contribution is -2.46. The fourth-order valence-electron chi connectivity index (χ4n) is 1.30. The number of benzene rings is 1. The number of amides is 1. The van der Waals surface area contributed by atoms with Gasteiger partial charge in [0, 0.05) is 21.3 Å². The summed E-state index contributed by atoms with van der Waals surface area (Å²) in [7, 11) is 0. The Labute approximate surface area is 116 Å². The number of halogens is 1. The number of thioether (sulfide) groups is 1. The number of hydrogen-bond acceptors (Lipinski definition) is 2. The van der Waals surface area contributed by atoms with E-state index in [0.717, 1.165) is 11.8 Å². The molecule has 2 nitrogen and oxygen atoms in total. The number of nitrogens with one attached hydrogen (secondary N) is 1. The van der Waals surface area contributed by atoms with Gasteiger partial charge >= 0.3 is 0 Å². The molecule has 94 valence electrons. The number of hydrogen-bond donors (Lipinski definition) is 1. The summed E-state index contributed by atoms with van der Waals surface area (Å²) in [6, 6.07) is 7.67. The Hall–Kier alpha value is -0.480. The van der Waals surface area contributed by atoms with Gasteiger partial charge in [0.1, 0.15) is 0 Å². The zero-order valence-corrected chi connectivity index (χ0v) is 12.8. The smallest absolute Gasteiger partial charge is 0.251 e. The first-order chi connectivity index (χ1) is 8.04. The van der Waals surface area contributed by atoms with Crippen LogP contribution < -0.4 is 5.32 Å². The van der Waals surface area contributed by atoms with Crippen LogP contribution in [-0.2, 0) is 0 Å². The predicted octanol–water partition coefficient (Wildman–Crippen LogP) is 3.70. The van der Waals surface area contributed by atoms with Crippen molar-refractivity contribution in [2.75, 3.05) is 11.6 Å². The summed E-state index contributed by atoms with van der Waals surface area (Å²) in [6.07, 6.45) is 2.92. The van der Waals surface area contributed by atoms with E-state index in [1.54, 1.807) is 11.8 Å². The molecule has 1 amide bonds. The van der Waals surface area contributed by atoms with Gasteiger partial charge in [0.2, 0.25) is 0 Å². The fourth-order valence-corrected chi connectivity index (χ4v) is 2.25. The summed E-state index contributed by atoms with van der Waals surface area (Å²) in [5, 5.41) is 3.81. The van der Waals surface area contributed by atoms with Gasteiger partial charge in [-0.15, -0.1) is 11.8 Å². The monoisotopic (exact) mass is 315 g/mol. The van der Waals surface area contributed by atoms with E-state index in [1.165, 1.54) is 4.90 Å². The van der Waals surface area contributed by atoms with Crippen LogP contribution in [0.15, 0.2) is 29.2 Å². The summed E-state index contributed by atoms with van der Waals surface area (Å²) in [5.41, 5.74) is 0.526. The van der Waals surface area contributed by atoms with Crippen molar-refractivity contribution in [1.29, 1.82) is 0 Å². The minimum Gasteiger partial charge on any atom is -0.346 e. The van der Waals surface area contributed by atoms with E-state index in [4.69, 9.17) is 0 Å². The van der Waals surface area contributed by atoms with E-state index in [1.807, 2.05) is 37.4 Å². The molecule has 0 saturated heterocycles. The third-order valence-corrected chi connectivity index (χ3v) is 4.82. The molecule has 1 aromatic carbocycles. The Bertz CT molecular complexity index is 374. The second kappa shape index (κ2) is 6.45. The molecule has 0 radical (unpaired) electrons. The molecule has 1 N–H and O–H groups in total. The van der Waals surface area contributed by atoms with Gasteiger partial charge in [-0.25, -0.2) is 0 Å². The van der Waals surface area contributed by atoms with Crippen molar-refractivity contribution < 1.29 is 4.79 Å². The van der Waals surface area contributed by atoms with E-state index in [9.17, 15) is 4.79 Å². The summed E-state index contributed by atoms with van der Waals surface area (Å²) in [4.78, 5) is 13.2. The molecule has 0 aliphatic heterocycles. The molecular weight excluding hydrogens is 298 g/mol. The maximum atomic E-state index is 12.0. The fraction of sp³-hybridized carbons (Fsp3) is 0.462. The third kappa shape index (κ3) is 4.03. The second-order valence-corrected chi connectivity index (χ2v) is 5.67. The van der Waals surface area contributed by atoms with Crippen LogP contribution in [0, 0.1) is 0 Å². The van der Waals surface area contributed by atoms with Crippen LogP contribution >= 0.6 is 27.7 Å². The molecule has 1 atom stereocenters. The standard InChI is InChI=1S/C13H18BrNOS/c1-4-13(2,9-14)15-12(16)10-5-7-11(17-3)8-6-10/h5-8H,4,9H2,1-3H3,(H,15,16). The molecule has 0 heterocycles. The van der Waals surface area contributed by atoms with Gasteiger partial charge in [-0.05, 0) is 43.9 Å². The summed E-state index contributed by atoms with van der Waals surface area (Å²) in [5.74, 6) is -0.0125. The van der Waals surface area contributed by atoms with Crippen molar-refractivity contribution in [2.24, 2.45) is 0 Å². The minimum absolute atomic E-state index is 0.0125. The Morgan fingerprint density at radius 1 is 1.41 bits per heavy atom. The molecular formula is C13H18BrNOS. The van der Waals surface area contributed by atoms with Crippen molar-refractivity contribution in [3.63, 3.8) is 0 Å². The SMILES string of the molecule is CCC(C)(CBr)NC(=O)c1ccc(SC)cc1. The Morgan fingerprint density at radius 2 is 2.00 bits per heavy atom. The highest BCUT2D eigenvalue weighted by Gasteiger charge is 2.23. The maximum Gasteiger partial charge on any atom is 0.251 e. The summed E-state index contributed by atoms with van der Waals surface area (Å²) in [6.45, 7) is 4.11. The highest BCUT2D eigenvalue weighted by Crippen LogP contribution is 2.17. The lowest BCUT2D eigenvalue weighted by atomic mass is 10.0. The second-order valence-electron chi connectivity index (χ2n) is 4.23. The molecule has 0 saturated carbocycles. The van der Waals surface area contributed by atoms with E-state index in [0.29, 0.717) is 5.56 Å². The van der Waals surface area contributed by atoms with Gasteiger partial charge in [-0.3, -0.25) is 4.79 Å². The maximum absolute atomic E-state index is 12.0. The molecule has 0 aliphatic carbocycles. The lowest BCUT2D eigenvalue weighted by molar-refractivity contribution is 0.0913. The predicted molar refractivity (Wildman–Crippen MR) is 78.2 cm³/mol. The molecule has 0 aromatic heterocycles. The summed E-state index contributed by atoms with van der Waals surface area (Å²) >= 11 is 5.11. The van der Waals surface area contributed by atoms with Crippen LogP contribution in [0.2, 0.25) is 0 Å².